The van der Waals surface area contributed by atoms with Crippen molar-refractivity contribution in [2.24, 2.45) is 0 Å². The third kappa shape index (κ3) is 2.42. The number of alkyl halides is 1. The Morgan fingerprint density at radius 1 is 1.27 bits per heavy atom. The summed E-state index contributed by atoms with van der Waals surface area (Å²) in [5.41, 5.74) is 1.40. The second kappa shape index (κ2) is 5.03. The summed E-state index contributed by atoms with van der Waals surface area (Å²) in [5.74, 6) is 1.00. The van der Waals surface area contributed by atoms with Crippen LogP contribution in [0.1, 0.15) is 15.9 Å². The molecule has 0 aliphatic rings. The maximum absolute atomic E-state index is 11.5. The van der Waals surface area contributed by atoms with E-state index in [9.17, 15) is 4.79 Å². The summed E-state index contributed by atoms with van der Waals surface area (Å²) in [6, 6.07) is 3.41. The lowest BCUT2D eigenvalue weighted by Gasteiger charge is -2.11. The Balaban J connectivity index is 3.25. The van der Waals surface area contributed by atoms with Crippen molar-refractivity contribution in [1.29, 1.82) is 0 Å². The van der Waals surface area contributed by atoms with Crippen molar-refractivity contribution >= 4 is 17.4 Å². The molecule has 0 amide bonds. The first-order valence-corrected chi connectivity index (χ1v) is 4.99. The minimum Gasteiger partial charge on any atom is -0.493 e. The van der Waals surface area contributed by atoms with Crippen LogP contribution in [0.25, 0.3) is 0 Å². The first-order valence-electron chi connectivity index (χ1n) is 4.45. The van der Waals surface area contributed by atoms with Gasteiger partial charge in [0.1, 0.15) is 0 Å². The third-order valence-corrected chi connectivity index (χ3v) is 2.40. The highest BCUT2D eigenvalue weighted by Crippen LogP contribution is 2.30. The van der Waals surface area contributed by atoms with Gasteiger partial charge in [-0.05, 0) is 24.6 Å². The number of methoxy groups -OCH3 is 2. The van der Waals surface area contributed by atoms with E-state index in [1.807, 2.05) is 6.92 Å². The number of Topliss-reactive ketones (excluding diaryl/α,β-unsaturated/α-hetero) is 1. The maximum atomic E-state index is 11.5. The topological polar surface area (TPSA) is 35.5 Å². The highest BCUT2D eigenvalue weighted by Gasteiger charge is 2.13. The van der Waals surface area contributed by atoms with Crippen LogP contribution in [-0.2, 0) is 0 Å². The minimum absolute atomic E-state index is 0.0314. The van der Waals surface area contributed by atoms with Crippen molar-refractivity contribution in [2.75, 3.05) is 20.1 Å². The number of halogens is 1. The van der Waals surface area contributed by atoms with Crippen molar-refractivity contribution in [3.63, 3.8) is 0 Å². The number of aryl methyl sites for hydroxylation is 1. The smallest absolute Gasteiger partial charge is 0.177 e. The number of ketones is 1. The highest BCUT2D eigenvalue weighted by molar-refractivity contribution is 6.30. The molecule has 0 atom stereocenters. The predicted octanol–water partition coefficient (Wildman–Crippen LogP) is 2.43. The lowest BCUT2D eigenvalue weighted by molar-refractivity contribution is 0.102. The van der Waals surface area contributed by atoms with Crippen LogP contribution in [-0.4, -0.2) is 25.9 Å². The van der Waals surface area contributed by atoms with Gasteiger partial charge >= 0.3 is 0 Å². The molecular weight excluding hydrogens is 216 g/mol. The zero-order chi connectivity index (χ0) is 11.4. The van der Waals surface area contributed by atoms with Gasteiger partial charge in [0.15, 0.2) is 17.3 Å². The molecule has 0 saturated heterocycles. The average molecular weight is 229 g/mol. The Morgan fingerprint density at radius 2 is 1.80 bits per heavy atom. The van der Waals surface area contributed by atoms with Gasteiger partial charge in [0, 0.05) is 5.56 Å². The molecule has 0 radical (unpaired) electrons. The van der Waals surface area contributed by atoms with Crippen LogP contribution in [0.15, 0.2) is 12.1 Å². The molecule has 1 rings (SSSR count). The summed E-state index contributed by atoms with van der Waals surface area (Å²) in [5, 5.41) is 0. The Morgan fingerprint density at radius 3 is 2.27 bits per heavy atom. The molecule has 0 heterocycles. The molecule has 0 bridgehead atoms. The molecule has 1 aromatic rings. The maximum Gasteiger partial charge on any atom is 0.177 e. The van der Waals surface area contributed by atoms with Crippen LogP contribution >= 0.6 is 11.6 Å². The monoisotopic (exact) mass is 228 g/mol. The summed E-state index contributed by atoms with van der Waals surface area (Å²) in [7, 11) is 3.09. The summed E-state index contributed by atoms with van der Waals surface area (Å²) >= 11 is 5.51. The molecule has 4 heteroatoms. The number of hydrogen-bond acceptors (Lipinski definition) is 3. The molecule has 1 aromatic carbocycles. The molecule has 0 aliphatic carbocycles. The summed E-state index contributed by atoms with van der Waals surface area (Å²) in [6.45, 7) is 1.84. The zero-order valence-electron chi connectivity index (χ0n) is 8.96. The molecule has 3 nitrogen and oxygen atoms in total. The number of rotatable bonds is 4. The quantitative estimate of drug-likeness (QED) is 0.587. The van der Waals surface area contributed by atoms with Gasteiger partial charge in [-0.1, -0.05) is 0 Å². The fourth-order valence-electron chi connectivity index (χ4n) is 1.35. The average Bonchev–Trinajstić information content (AvgIpc) is 2.27. The number of carbonyl (C=O) groups excluding carboxylic acids is 1. The van der Waals surface area contributed by atoms with Crippen LogP contribution < -0.4 is 9.47 Å². The van der Waals surface area contributed by atoms with E-state index in [-0.39, 0.29) is 11.7 Å². The van der Waals surface area contributed by atoms with Gasteiger partial charge in [0.05, 0.1) is 20.1 Å². The van der Waals surface area contributed by atoms with Crippen molar-refractivity contribution in [1.82, 2.24) is 0 Å². The van der Waals surface area contributed by atoms with E-state index in [0.717, 1.165) is 5.56 Å². The molecule has 0 saturated carbocycles. The largest absolute Gasteiger partial charge is 0.493 e. The van der Waals surface area contributed by atoms with Crippen molar-refractivity contribution in [2.45, 2.75) is 6.92 Å². The summed E-state index contributed by atoms with van der Waals surface area (Å²) in [6.07, 6.45) is 0. The van der Waals surface area contributed by atoms with Crippen molar-refractivity contribution in [3.05, 3.63) is 23.3 Å². The highest BCUT2D eigenvalue weighted by atomic mass is 35.5. The summed E-state index contributed by atoms with van der Waals surface area (Å²) in [4.78, 5) is 11.5. The molecular formula is C11H13ClO3. The minimum atomic E-state index is -0.116. The van der Waals surface area contributed by atoms with Gasteiger partial charge in [-0.25, -0.2) is 0 Å². The summed E-state index contributed by atoms with van der Waals surface area (Å²) < 4.78 is 10.2. The van der Waals surface area contributed by atoms with Gasteiger partial charge in [-0.2, -0.15) is 0 Å². The fourth-order valence-corrected chi connectivity index (χ4v) is 1.50. The molecule has 0 N–H and O–H groups in total. The Bertz CT molecular complexity index is 374. The fraction of sp³-hybridized carbons (Fsp3) is 0.364. The van der Waals surface area contributed by atoms with E-state index in [0.29, 0.717) is 17.1 Å². The SMILES string of the molecule is COc1cc(C)c(C(=O)CCl)cc1OC. The van der Waals surface area contributed by atoms with Crippen LogP contribution in [0, 0.1) is 6.92 Å². The van der Waals surface area contributed by atoms with Crippen LogP contribution in [0.5, 0.6) is 11.5 Å². The van der Waals surface area contributed by atoms with Crippen molar-refractivity contribution < 1.29 is 14.3 Å². The van der Waals surface area contributed by atoms with E-state index in [4.69, 9.17) is 21.1 Å². The molecule has 82 valence electrons. The van der Waals surface area contributed by atoms with E-state index >= 15 is 0 Å². The molecule has 0 aromatic heterocycles. The zero-order valence-corrected chi connectivity index (χ0v) is 9.72. The van der Waals surface area contributed by atoms with Crippen LogP contribution in [0.3, 0.4) is 0 Å². The van der Waals surface area contributed by atoms with E-state index in [1.54, 1.807) is 19.2 Å². The Kier molecular flexibility index (Phi) is 3.97. The number of hydrogen-bond donors (Lipinski definition) is 0. The van der Waals surface area contributed by atoms with Crippen molar-refractivity contribution in [3.8, 4) is 11.5 Å². The normalized spacial score (nSPS) is 9.87. The number of carbonyl (C=O) groups is 1. The number of ether oxygens (including phenoxy) is 2. The van der Waals surface area contributed by atoms with E-state index < -0.39 is 0 Å². The molecule has 15 heavy (non-hydrogen) atoms. The first kappa shape index (κ1) is 11.9. The second-order valence-electron chi connectivity index (χ2n) is 3.08. The Hall–Kier alpha value is -1.22. The van der Waals surface area contributed by atoms with Gasteiger partial charge in [-0.3, -0.25) is 4.79 Å². The van der Waals surface area contributed by atoms with Gasteiger partial charge in [0.2, 0.25) is 0 Å². The lowest BCUT2D eigenvalue weighted by atomic mass is 10.0. The Labute approximate surface area is 93.9 Å². The standard InChI is InChI=1S/C11H13ClO3/c1-7-4-10(14-2)11(15-3)5-8(7)9(13)6-12/h4-5H,6H2,1-3H3. The molecule has 0 unspecified atom stereocenters. The first-order chi connectivity index (χ1) is 7.13. The molecule has 0 spiro atoms. The number of benzene rings is 1. The molecule has 0 aliphatic heterocycles. The van der Waals surface area contributed by atoms with Gasteiger partial charge in [0.25, 0.3) is 0 Å². The molecule has 0 fully saturated rings. The third-order valence-electron chi connectivity index (χ3n) is 2.15. The predicted molar refractivity (Wildman–Crippen MR) is 59.3 cm³/mol. The van der Waals surface area contributed by atoms with E-state index in [2.05, 4.69) is 0 Å². The van der Waals surface area contributed by atoms with Crippen LogP contribution in [0.2, 0.25) is 0 Å². The van der Waals surface area contributed by atoms with E-state index in [1.165, 1.54) is 7.11 Å². The second-order valence-corrected chi connectivity index (χ2v) is 3.35. The van der Waals surface area contributed by atoms with Gasteiger partial charge < -0.3 is 9.47 Å². The van der Waals surface area contributed by atoms with Gasteiger partial charge in [-0.15, -0.1) is 11.6 Å². The lowest BCUT2D eigenvalue weighted by Crippen LogP contribution is -2.04. The van der Waals surface area contributed by atoms with Crippen LogP contribution in [0.4, 0.5) is 0 Å².